The van der Waals surface area contributed by atoms with Gasteiger partial charge in [-0.15, -0.1) is 0 Å². The highest BCUT2D eigenvalue weighted by molar-refractivity contribution is 7.92. The van der Waals surface area contributed by atoms with Gasteiger partial charge in [-0.05, 0) is 55.0 Å². The number of carbonyl (C=O) groups is 1. The lowest BCUT2D eigenvalue weighted by molar-refractivity contribution is -0.117. The lowest BCUT2D eigenvalue weighted by Gasteiger charge is -2.18. The molecule has 1 unspecified atom stereocenters. The third kappa shape index (κ3) is 4.39. The van der Waals surface area contributed by atoms with Crippen molar-refractivity contribution >= 4 is 31.8 Å². The average molecular weight is 466 g/mol. The molecule has 2 fully saturated rings. The molecule has 2 N–H and O–H groups in total. The molecule has 2 saturated heterocycles. The fourth-order valence-corrected chi connectivity index (χ4v) is 6.68. The number of anilines is 1. The number of phenols is 1. The van der Waals surface area contributed by atoms with Crippen LogP contribution < -0.4 is 9.03 Å². The van der Waals surface area contributed by atoms with Crippen LogP contribution in [0.5, 0.6) is 5.75 Å². The second-order valence-electron chi connectivity index (χ2n) is 7.73. The van der Waals surface area contributed by atoms with Crippen molar-refractivity contribution in [3.63, 3.8) is 0 Å². The number of phenolic OH excluding ortho intramolecular Hbond substituents is 1. The molecule has 0 aromatic heterocycles. The molecule has 2 aliphatic heterocycles. The number of benzene rings is 2. The lowest BCUT2D eigenvalue weighted by Crippen LogP contribution is -2.29. The van der Waals surface area contributed by atoms with Crippen molar-refractivity contribution in [2.45, 2.75) is 24.2 Å². The highest BCUT2D eigenvalue weighted by atomic mass is 32.2. The van der Waals surface area contributed by atoms with Gasteiger partial charge in [0.25, 0.3) is 5.91 Å². The van der Waals surface area contributed by atoms with Crippen molar-refractivity contribution < 1.29 is 26.7 Å². The van der Waals surface area contributed by atoms with Crippen molar-refractivity contribution in [2.75, 3.05) is 23.9 Å². The van der Waals surface area contributed by atoms with Crippen LogP contribution in [0.2, 0.25) is 0 Å². The van der Waals surface area contributed by atoms with E-state index in [1.807, 2.05) is 4.72 Å². The first-order chi connectivity index (χ1) is 14.7. The molecule has 2 aromatic rings. The number of aryl methyl sites for hydroxylation is 1. The van der Waals surface area contributed by atoms with Gasteiger partial charge in [0.15, 0.2) is 0 Å². The molecule has 2 heterocycles. The molecule has 4 rings (SSSR count). The zero-order chi connectivity index (χ0) is 22.2. The van der Waals surface area contributed by atoms with Gasteiger partial charge in [0.05, 0.1) is 10.6 Å². The number of aromatic hydroxyl groups is 1. The summed E-state index contributed by atoms with van der Waals surface area (Å²) in [6.07, 6.45) is 2.11. The number of nitrogens with one attached hydrogen (secondary N) is 1. The quantitative estimate of drug-likeness (QED) is 0.661. The van der Waals surface area contributed by atoms with E-state index in [-0.39, 0.29) is 23.9 Å². The molecule has 2 aliphatic rings. The standard InChI is InChI=1S/C20H23N3O6S2/c24-19-12-15(8-9-18(19)23-14-20(25)21-31(23,28)29)6-7-16-10-11-22(13-16)30(26,27)17-4-2-1-3-5-17/h1-5,8-9,12,16,24H,6-7,10-11,13-14H2,(H,21,25). The van der Waals surface area contributed by atoms with Gasteiger partial charge < -0.3 is 5.11 Å². The minimum absolute atomic E-state index is 0.0445. The van der Waals surface area contributed by atoms with Crippen molar-refractivity contribution in [3.8, 4) is 5.75 Å². The number of amides is 1. The van der Waals surface area contributed by atoms with Gasteiger partial charge in [0, 0.05) is 13.1 Å². The largest absolute Gasteiger partial charge is 0.506 e. The Morgan fingerprint density at radius 3 is 2.52 bits per heavy atom. The smallest absolute Gasteiger partial charge is 0.326 e. The summed E-state index contributed by atoms with van der Waals surface area (Å²) in [5.41, 5.74) is 0.851. The molecule has 2 aromatic carbocycles. The maximum Gasteiger partial charge on any atom is 0.326 e. The molecule has 0 spiro atoms. The Morgan fingerprint density at radius 1 is 1.13 bits per heavy atom. The van der Waals surface area contributed by atoms with Crippen LogP contribution >= 0.6 is 0 Å². The monoisotopic (exact) mass is 465 g/mol. The minimum atomic E-state index is -3.98. The van der Waals surface area contributed by atoms with E-state index in [1.54, 1.807) is 36.4 Å². The maximum atomic E-state index is 12.7. The van der Waals surface area contributed by atoms with Gasteiger partial charge in [-0.1, -0.05) is 24.3 Å². The zero-order valence-corrected chi connectivity index (χ0v) is 18.3. The topological polar surface area (TPSA) is 124 Å². The van der Waals surface area contributed by atoms with E-state index in [4.69, 9.17) is 0 Å². The van der Waals surface area contributed by atoms with E-state index in [0.717, 1.165) is 22.7 Å². The Balaban J connectivity index is 1.38. The second kappa shape index (κ2) is 8.13. The summed E-state index contributed by atoms with van der Waals surface area (Å²) < 4.78 is 53.6. The van der Waals surface area contributed by atoms with Gasteiger partial charge in [0.2, 0.25) is 10.0 Å². The van der Waals surface area contributed by atoms with Gasteiger partial charge in [0.1, 0.15) is 12.3 Å². The lowest BCUT2D eigenvalue weighted by atomic mass is 9.98. The maximum absolute atomic E-state index is 12.7. The number of nitrogens with zero attached hydrogens (tertiary/aromatic N) is 2. The van der Waals surface area contributed by atoms with Gasteiger partial charge in [-0.2, -0.15) is 12.7 Å². The van der Waals surface area contributed by atoms with Crippen LogP contribution in [0.15, 0.2) is 53.4 Å². The molecule has 0 aliphatic carbocycles. The predicted octanol–water partition coefficient (Wildman–Crippen LogP) is 1.22. The van der Waals surface area contributed by atoms with E-state index in [0.29, 0.717) is 24.4 Å². The molecule has 0 bridgehead atoms. The summed E-state index contributed by atoms with van der Waals surface area (Å²) in [6.45, 7) is 0.546. The van der Waals surface area contributed by atoms with Crippen LogP contribution in [-0.4, -0.2) is 51.8 Å². The van der Waals surface area contributed by atoms with Gasteiger partial charge in [-0.25, -0.2) is 17.4 Å². The SMILES string of the molecule is O=C1CN(c2ccc(CCC3CCN(S(=O)(=O)c4ccccc4)C3)cc2O)S(=O)(=O)N1. The summed E-state index contributed by atoms with van der Waals surface area (Å²) in [6, 6.07) is 13.0. The number of carbonyl (C=O) groups excluding carboxylic acids is 1. The molecule has 0 saturated carbocycles. The highest BCUT2D eigenvalue weighted by Crippen LogP contribution is 2.33. The Hall–Kier alpha value is -2.63. The number of rotatable bonds is 6. The van der Waals surface area contributed by atoms with Crippen molar-refractivity contribution in [1.82, 2.24) is 9.03 Å². The first-order valence-corrected chi connectivity index (χ1v) is 12.8. The average Bonchev–Trinajstić information content (AvgIpc) is 3.31. The molecule has 1 atom stereocenters. The first kappa shape index (κ1) is 21.6. The first-order valence-electron chi connectivity index (χ1n) is 9.87. The van der Waals surface area contributed by atoms with E-state index in [1.165, 1.54) is 16.4 Å². The van der Waals surface area contributed by atoms with E-state index in [2.05, 4.69) is 0 Å². The van der Waals surface area contributed by atoms with Crippen LogP contribution in [0.1, 0.15) is 18.4 Å². The molecule has 9 nitrogen and oxygen atoms in total. The van der Waals surface area contributed by atoms with Crippen molar-refractivity contribution in [2.24, 2.45) is 5.92 Å². The fourth-order valence-electron chi connectivity index (χ4n) is 3.96. The molecule has 166 valence electrons. The van der Waals surface area contributed by atoms with Crippen LogP contribution in [0.3, 0.4) is 0 Å². The molecule has 0 radical (unpaired) electrons. The number of hydrogen-bond acceptors (Lipinski definition) is 6. The third-order valence-electron chi connectivity index (χ3n) is 5.60. The third-order valence-corrected chi connectivity index (χ3v) is 8.87. The Labute approximate surface area is 181 Å². The summed E-state index contributed by atoms with van der Waals surface area (Å²) >= 11 is 0. The van der Waals surface area contributed by atoms with Crippen molar-refractivity contribution in [3.05, 3.63) is 54.1 Å². The van der Waals surface area contributed by atoms with Crippen LogP contribution in [0.4, 0.5) is 5.69 Å². The van der Waals surface area contributed by atoms with Crippen LogP contribution in [-0.2, 0) is 31.4 Å². The fraction of sp³-hybridized carbons (Fsp3) is 0.350. The van der Waals surface area contributed by atoms with Crippen molar-refractivity contribution in [1.29, 1.82) is 0 Å². The zero-order valence-electron chi connectivity index (χ0n) is 16.6. The van der Waals surface area contributed by atoms with Crippen LogP contribution in [0, 0.1) is 5.92 Å². The number of sulfonamides is 1. The molecule has 11 heteroatoms. The second-order valence-corrected chi connectivity index (χ2v) is 11.3. The summed E-state index contributed by atoms with van der Waals surface area (Å²) in [5, 5.41) is 10.3. The predicted molar refractivity (Wildman–Crippen MR) is 114 cm³/mol. The van der Waals surface area contributed by atoms with E-state index in [9.17, 15) is 26.7 Å². The number of hydrogen-bond donors (Lipinski definition) is 2. The van der Waals surface area contributed by atoms with E-state index < -0.39 is 26.1 Å². The molecule has 31 heavy (non-hydrogen) atoms. The Kier molecular flexibility index (Phi) is 5.67. The minimum Gasteiger partial charge on any atom is -0.506 e. The molecular weight excluding hydrogens is 442 g/mol. The molecular formula is C20H23N3O6S2. The summed E-state index contributed by atoms with van der Waals surface area (Å²) in [7, 11) is -7.48. The Morgan fingerprint density at radius 2 is 1.87 bits per heavy atom. The molecule has 1 amide bonds. The summed E-state index contributed by atoms with van der Waals surface area (Å²) in [5.74, 6) is -0.682. The van der Waals surface area contributed by atoms with Gasteiger partial charge >= 0.3 is 10.2 Å². The summed E-state index contributed by atoms with van der Waals surface area (Å²) in [4.78, 5) is 11.7. The Bertz CT molecular complexity index is 1200. The normalized spacial score (nSPS) is 21.4. The van der Waals surface area contributed by atoms with Crippen LogP contribution in [0.25, 0.3) is 0 Å². The van der Waals surface area contributed by atoms with E-state index >= 15 is 0 Å². The van der Waals surface area contributed by atoms with Gasteiger partial charge in [-0.3, -0.25) is 4.79 Å². The highest BCUT2D eigenvalue weighted by Gasteiger charge is 2.35.